The lowest BCUT2D eigenvalue weighted by molar-refractivity contribution is 0.0695. The highest BCUT2D eigenvalue weighted by molar-refractivity contribution is 6.33. The Balaban J connectivity index is 1.45. The summed E-state index contributed by atoms with van der Waals surface area (Å²) in [6, 6.07) is 18.6. The summed E-state index contributed by atoms with van der Waals surface area (Å²) in [7, 11) is 0. The highest BCUT2D eigenvalue weighted by Crippen LogP contribution is 2.32. The fraction of sp³-hybridized carbons (Fsp3) is 0.0400. The Morgan fingerprint density at radius 3 is 2.36 bits per heavy atom. The predicted octanol–water partition coefficient (Wildman–Crippen LogP) is 6.14. The van der Waals surface area contributed by atoms with Gasteiger partial charge in [0.25, 0.3) is 0 Å². The van der Waals surface area contributed by atoms with Gasteiger partial charge in [0.1, 0.15) is 5.75 Å². The topological polar surface area (TPSA) is 101 Å². The number of aromatic carboxylic acids is 1. The maximum atomic E-state index is 11.4. The van der Waals surface area contributed by atoms with Crippen LogP contribution in [0.25, 0.3) is 33.5 Å². The van der Waals surface area contributed by atoms with Gasteiger partial charge >= 0.3 is 12.0 Å². The number of nitrogens with zero attached hydrogens (tertiary/aromatic N) is 3. The van der Waals surface area contributed by atoms with Gasteiger partial charge in [0.15, 0.2) is 5.65 Å². The molecular weight excluding hydrogens is 440 g/mol. The normalized spacial score (nSPS) is 11.0. The standard InChI is InChI=1S/C25H17ClN4O3/c1-14-2-7-18(12-19(14)24(31)32)33-25-28-21-13-20(26)22(29-23(21)30-25)17-5-3-15(4-6-17)16-8-10-27-11-9-16/h2-13H,1H3,(H,31,32)(H,28,29,30). The number of hydrogen-bond donors (Lipinski definition) is 2. The third kappa shape index (κ3) is 4.14. The first-order chi connectivity index (χ1) is 16.0. The molecule has 0 bridgehead atoms. The maximum Gasteiger partial charge on any atom is 0.336 e. The molecule has 0 fully saturated rings. The second kappa shape index (κ2) is 8.37. The number of imidazole rings is 1. The number of H-pyrrole nitrogens is 1. The number of halogens is 1. The van der Waals surface area contributed by atoms with Crippen LogP contribution in [-0.4, -0.2) is 31.0 Å². The molecule has 0 aliphatic carbocycles. The van der Waals surface area contributed by atoms with Gasteiger partial charge in [0, 0.05) is 18.0 Å². The van der Waals surface area contributed by atoms with E-state index in [0.29, 0.717) is 33.2 Å². The number of pyridine rings is 2. The maximum absolute atomic E-state index is 11.4. The third-order valence-electron chi connectivity index (χ3n) is 5.23. The first kappa shape index (κ1) is 20.7. The lowest BCUT2D eigenvalue weighted by Crippen LogP contribution is -2.00. The molecule has 2 aromatic carbocycles. The number of rotatable bonds is 5. The van der Waals surface area contributed by atoms with Crippen LogP contribution in [0.3, 0.4) is 0 Å². The fourth-order valence-electron chi connectivity index (χ4n) is 3.52. The molecule has 8 heteroatoms. The van der Waals surface area contributed by atoms with Crippen LogP contribution >= 0.6 is 11.6 Å². The smallest absolute Gasteiger partial charge is 0.336 e. The van der Waals surface area contributed by atoms with Crippen LogP contribution in [0.1, 0.15) is 15.9 Å². The molecule has 0 aliphatic rings. The first-order valence-electron chi connectivity index (χ1n) is 10.1. The van der Waals surface area contributed by atoms with Crippen molar-refractivity contribution in [2.24, 2.45) is 0 Å². The summed E-state index contributed by atoms with van der Waals surface area (Å²) >= 11 is 6.51. The van der Waals surface area contributed by atoms with Crippen molar-refractivity contribution in [1.82, 2.24) is 19.9 Å². The van der Waals surface area contributed by atoms with E-state index >= 15 is 0 Å². The number of hydrogen-bond acceptors (Lipinski definition) is 5. The minimum absolute atomic E-state index is 0.169. The minimum Gasteiger partial charge on any atom is -0.478 e. The van der Waals surface area contributed by atoms with Crippen LogP contribution in [0.5, 0.6) is 11.8 Å². The summed E-state index contributed by atoms with van der Waals surface area (Å²) in [4.78, 5) is 27.4. The molecule has 162 valence electrons. The Hall–Kier alpha value is -4.23. The van der Waals surface area contributed by atoms with Gasteiger partial charge in [-0.3, -0.25) is 4.98 Å². The van der Waals surface area contributed by atoms with E-state index in [0.717, 1.165) is 16.7 Å². The number of aromatic amines is 1. The van der Waals surface area contributed by atoms with Crippen molar-refractivity contribution >= 4 is 28.7 Å². The van der Waals surface area contributed by atoms with Crippen molar-refractivity contribution in [2.75, 3.05) is 0 Å². The largest absolute Gasteiger partial charge is 0.478 e. The van der Waals surface area contributed by atoms with E-state index in [1.54, 1.807) is 37.5 Å². The van der Waals surface area contributed by atoms with Crippen LogP contribution in [-0.2, 0) is 0 Å². The molecule has 0 atom stereocenters. The van der Waals surface area contributed by atoms with E-state index in [4.69, 9.17) is 16.3 Å². The zero-order valence-electron chi connectivity index (χ0n) is 17.4. The van der Waals surface area contributed by atoms with Crippen LogP contribution in [0.2, 0.25) is 5.02 Å². The molecular formula is C25H17ClN4O3. The molecule has 5 rings (SSSR count). The van der Waals surface area contributed by atoms with Crippen molar-refractivity contribution in [3.8, 4) is 34.1 Å². The van der Waals surface area contributed by atoms with Crippen molar-refractivity contribution < 1.29 is 14.6 Å². The van der Waals surface area contributed by atoms with Gasteiger partial charge in [-0.25, -0.2) is 9.78 Å². The van der Waals surface area contributed by atoms with E-state index in [2.05, 4.69) is 19.9 Å². The average Bonchev–Trinajstić information content (AvgIpc) is 3.21. The second-order valence-electron chi connectivity index (χ2n) is 7.43. The summed E-state index contributed by atoms with van der Waals surface area (Å²) in [5, 5.41) is 9.79. The number of carboxylic acid groups (broad SMARTS) is 1. The number of ether oxygens (including phenoxy) is 1. The molecule has 3 aromatic heterocycles. The highest BCUT2D eigenvalue weighted by atomic mass is 35.5. The lowest BCUT2D eigenvalue weighted by atomic mass is 10.0. The van der Waals surface area contributed by atoms with Crippen molar-refractivity contribution in [3.63, 3.8) is 0 Å². The summed E-state index contributed by atoms with van der Waals surface area (Å²) in [6.45, 7) is 1.73. The van der Waals surface area contributed by atoms with Gasteiger partial charge in [0.2, 0.25) is 0 Å². The van der Waals surface area contributed by atoms with Crippen LogP contribution in [0.4, 0.5) is 0 Å². The van der Waals surface area contributed by atoms with Gasteiger partial charge < -0.3 is 14.8 Å². The number of carbonyl (C=O) groups is 1. The summed E-state index contributed by atoms with van der Waals surface area (Å²) in [5.41, 5.74) is 5.46. The average molecular weight is 457 g/mol. The Morgan fingerprint density at radius 2 is 1.64 bits per heavy atom. The van der Waals surface area contributed by atoms with Gasteiger partial charge in [0.05, 0.1) is 21.8 Å². The van der Waals surface area contributed by atoms with Crippen molar-refractivity contribution in [1.29, 1.82) is 0 Å². The zero-order valence-corrected chi connectivity index (χ0v) is 18.2. The summed E-state index contributed by atoms with van der Waals surface area (Å²) in [5.74, 6) is -0.661. The van der Waals surface area contributed by atoms with Gasteiger partial charge in [-0.15, -0.1) is 0 Å². The molecule has 0 amide bonds. The van der Waals surface area contributed by atoms with Crippen LogP contribution in [0.15, 0.2) is 73.1 Å². The van der Waals surface area contributed by atoms with E-state index in [-0.39, 0.29) is 11.6 Å². The van der Waals surface area contributed by atoms with Gasteiger partial charge in [-0.05, 0) is 53.9 Å². The SMILES string of the molecule is Cc1ccc(Oc2nc3nc(-c4ccc(-c5ccncc5)cc4)c(Cl)cc3[nH]2)cc1C(=O)O. The van der Waals surface area contributed by atoms with Crippen molar-refractivity contribution in [3.05, 3.63) is 89.2 Å². The van der Waals surface area contributed by atoms with Crippen LogP contribution < -0.4 is 4.74 Å². The summed E-state index contributed by atoms with van der Waals surface area (Å²) in [6.07, 6.45) is 3.51. The Labute approximate surface area is 193 Å². The fourth-order valence-corrected chi connectivity index (χ4v) is 3.78. The van der Waals surface area contributed by atoms with Gasteiger partial charge in [-0.1, -0.05) is 41.9 Å². The molecule has 0 unspecified atom stereocenters. The summed E-state index contributed by atoms with van der Waals surface area (Å²) < 4.78 is 5.74. The molecule has 3 heterocycles. The monoisotopic (exact) mass is 456 g/mol. The number of nitrogens with one attached hydrogen (secondary N) is 1. The Morgan fingerprint density at radius 1 is 0.939 bits per heavy atom. The second-order valence-corrected chi connectivity index (χ2v) is 7.84. The Kier molecular flexibility index (Phi) is 5.24. The number of benzene rings is 2. The Bertz CT molecular complexity index is 1480. The van der Waals surface area contributed by atoms with E-state index in [9.17, 15) is 9.90 Å². The molecule has 0 aliphatic heterocycles. The number of aryl methyl sites for hydroxylation is 1. The highest BCUT2D eigenvalue weighted by Gasteiger charge is 2.14. The molecule has 5 aromatic rings. The van der Waals surface area contributed by atoms with E-state index in [1.807, 2.05) is 36.4 Å². The zero-order chi connectivity index (χ0) is 22.9. The predicted molar refractivity (Wildman–Crippen MR) is 126 cm³/mol. The number of fused-ring (bicyclic) bond motifs is 1. The molecule has 0 spiro atoms. The molecule has 7 nitrogen and oxygen atoms in total. The lowest BCUT2D eigenvalue weighted by Gasteiger charge is -2.06. The molecule has 0 saturated heterocycles. The molecule has 0 radical (unpaired) electrons. The van der Waals surface area contributed by atoms with E-state index < -0.39 is 5.97 Å². The van der Waals surface area contributed by atoms with E-state index in [1.165, 1.54) is 6.07 Å². The van der Waals surface area contributed by atoms with Crippen LogP contribution in [0, 0.1) is 6.92 Å². The van der Waals surface area contributed by atoms with Crippen molar-refractivity contribution in [2.45, 2.75) is 6.92 Å². The third-order valence-corrected chi connectivity index (χ3v) is 5.52. The number of aromatic nitrogens is 4. The molecule has 33 heavy (non-hydrogen) atoms. The first-order valence-corrected chi connectivity index (χ1v) is 10.4. The minimum atomic E-state index is -1.02. The molecule has 0 saturated carbocycles. The quantitative estimate of drug-likeness (QED) is 0.329. The molecule has 2 N–H and O–H groups in total. The number of carboxylic acids is 1. The van der Waals surface area contributed by atoms with Gasteiger partial charge in [-0.2, -0.15) is 4.98 Å².